The molecule has 1 saturated carbocycles. The summed E-state index contributed by atoms with van der Waals surface area (Å²) < 4.78 is 0. The Morgan fingerprint density at radius 2 is 1.74 bits per heavy atom. The molecule has 0 atom stereocenters. The molecule has 3 rings (SSSR count). The first-order chi connectivity index (χ1) is 13.1. The van der Waals surface area contributed by atoms with Gasteiger partial charge in [-0.25, -0.2) is 0 Å². The second-order valence-corrected chi connectivity index (χ2v) is 8.09. The normalized spacial score (nSPS) is 14.1. The van der Waals surface area contributed by atoms with E-state index in [1.54, 1.807) is 12.1 Å². The third-order valence-corrected chi connectivity index (χ3v) is 5.81. The first-order valence-electron chi connectivity index (χ1n) is 9.14. The lowest BCUT2D eigenvalue weighted by atomic mass is 10.1. The Morgan fingerprint density at radius 3 is 2.48 bits per heavy atom. The van der Waals surface area contributed by atoms with Crippen molar-refractivity contribution in [1.29, 1.82) is 0 Å². The van der Waals surface area contributed by atoms with Crippen LogP contribution in [0.25, 0.3) is 0 Å². The predicted octanol–water partition coefficient (Wildman–Crippen LogP) is 4.88. The molecule has 0 radical (unpaired) electrons. The van der Waals surface area contributed by atoms with Crippen molar-refractivity contribution in [2.24, 2.45) is 0 Å². The Kier molecular flexibility index (Phi) is 7.18. The fourth-order valence-electron chi connectivity index (χ4n) is 3.15. The van der Waals surface area contributed by atoms with Crippen LogP contribution in [-0.2, 0) is 10.5 Å². The largest absolute Gasteiger partial charge is 0.349 e. The standard InChI is InChI=1S/C21H23ClN2O2S/c22-16-11-9-15(10-12-16)13-27-14-20(25)24-19-8-4-3-7-18(19)21(26)23-17-5-1-2-6-17/h3-4,7-12,17H,1-2,5-6,13-14H2,(H,23,26)(H,24,25). The minimum Gasteiger partial charge on any atom is -0.349 e. The maximum absolute atomic E-state index is 12.6. The Bertz CT molecular complexity index is 789. The number of rotatable bonds is 7. The van der Waals surface area contributed by atoms with Gasteiger partial charge < -0.3 is 10.6 Å². The molecule has 0 bridgehead atoms. The van der Waals surface area contributed by atoms with Gasteiger partial charge in [-0.15, -0.1) is 11.8 Å². The summed E-state index contributed by atoms with van der Waals surface area (Å²) in [7, 11) is 0. The van der Waals surface area contributed by atoms with Gasteiger partial charge in [0.2, 0.25) is 5.91 Å². The Labute approximate surface area is 169 Å². The highest BCUT2D eigenvalue weighted by Gasteiger charge is 2.20. The van der Waals surface area contributed by atoms with E-state index in [1.807, 2.05) is 36.4 Å². The van der Waals surface area contributed by atoms with E-state index in [9.17, 15) is 9.59 Å². The van der Waals surface area contributed by atoms with Gasteiger partial charge in [-0.3, -0.25) is 9.59 Å². The number of para-hydroxylation sites is 1. The van der Waals surface area contributed by atoms with Gasteiger partial charge >= 0.3 is 0 Å². The highest BCUT2D eigenvalue weighted by Crippen LogP contribution is 2.21. The van der Waals surface area contributed by atoms with Crippen LogP contribution in [0.5, 0.6) is 0 Å². The average molecular weight is 403 g/mol. The van der Waals surface area contributed by atoms with Gasteiger partial charge in [-0.1, -0.05) is 48.7 Å². The summed E-state index contributed by atoms with van der Waals surface area (Å²) in [6.07, 6.45) is 4.38. The summed E-state index contributed by atoms with van der Waals surface area (Å²) >= 11 is 7.40. The molecule has 2 aromatic rings. The Balaban J connectivity index is 1.52. The van der Waals surface area contributed by atoms with Crippen molar-refractivity contribution < 1.29 is 9.59 Å². The molecule has 0 aliphatic heterocycles. The first kappa shape index (κ1) is 19.8. The second kappa shape index (κ2) is 9.81. The SMILES string of the molecule is O=C(CSCc1ccc(Cl)cc1)Nc1ccccc1C(=O)NC1CCCC1. The summed E-state index contributed by atoms with van der Waals surface area (Å²) in [5.74, 6) is 0.817. The van der Waals surface area contributed by atoms with Crippen molar-refractivity contribution in [1.82, 2.24) is 5.32 Å². The molecule has 2 amide bonds. The van der Waals surface area contributed by atoms with Crippen molar-refractivity contribution >= 4 is 40.9 Å². The molecule has 6 heteroatoms. The number of hydrogen-bond donors (Lipinski definition) is 2. The van der Waals surface area contributed by atoms with Gasteiger partial charge in [0.15, 0.2) is 0 Å². The van der Waals surface area contributed by atoms with Crippen LogP contribution in [0.4, 0.5) is 5.69 Å². The molecule has 0 spiro atoms. The Morgan fingerprint density at radius 1 is 1.04 bits per heavy atom. The van der Waals surface area contributed by atoms with Crippen LogP contribution in [0.15, 0.2) is 48.5 Å². The van der Waals surface area contributed by atoms with Crippen molar-refractivity contribution in [3.05, 3.63) is 64.7 Å². The fourth-order valence-corrected chi connectivity index (χ4v) is 4.07. The van der Waals surface area contributed by atoms with Crippen molar-refractivity contribution in [2.75, 3.05) is 11.1 Å². The van der Waals surface area contributed by atoms with Crippen LogP contribution in [0.1, 0.15) is 41.6 Å². The predicted molar refractivity (Wildman–Crippen MR) is 112 cm³/mol. The van der Waals surface area contributed by atoms with Gasteiger partial charge in [0.1, 0.15) is 0 Å². The molecule has 142 valence electrons. The number of carbonyl (C=O) groups is 2. The minimum atomic E-state index is -0.119. The number of anilines is 1. The summed E-state index contributed by atoms with van der Waals surface area (Å²) in [4.78, 5) is 24.8. The molecule has 1 aliphatic rings. The quantitative estimate of drug-likeness (QED) is 0.693. The molecule has 1 aliphatic carbocycles. The molecule has 0 unspecified atom stereocenters. The van der Waals surface area contributed by atoms with Crippen LogP contribution in [0.3, 0.4) is 0 Å². The molecule has 1 fully saturated rings. The van der Waals surface area contributed by atoms with E-state index in [1.165, 1.54) is 11.8 Å². The third kappa shape index (κ3) is 6.01. The van der Waals surface area contributed by atoms with Gasteiger partial charge in [0.05, 0.1) is 17.0 Å². The molecule has 0 aromatic heterocycles. The second-order valence-electron chi connectivity index (χ2n) is 6.67. The summed E-state index contributed by atoms with van der Waals surface area (Å²) in [6, 6.07) is 15.0. The molecule has 2 N–H and O–H groups in total. The zero-order valence-corrected chi connectivity index (χ0v) is 16.6. The smallest absolute Gasteiger partial charge is 0.253 e. The van der Waals surface area contributed by atoms with E-state index in [-0.39, 0.29) is 17.9 Å². The van der Waals surface area contributed by atoms with E-state index in [4.69, 9.17) is 11.6 Å². The molecular formula is C21H23ClN2O2S. The number of benzene rings is 2. The summed E-state index contributed by atoms with van der Waals surface area (Å²) in [5.41, 5.74) is 2.19. The number of amides is 2. The maximum Gasteiger partial charge on any atom is 0.253 e. The maximum atomic E-state index is 12.6. The van der Waals surface area contributed by atoms with Crippen molar-refractivity contribution in [2.45, 2.75) is 37.5 Å². The van der Waals surface area contributed by atoms with Gasteiger partial charge in [-0.2, -0.15) is 0 Å². The number of thioether (sulfide) groups is 1. The lowest BCUT2D eigenvalue weighted by Crippen LogP contribution is -2.33. The van der Waals surface area contributed by atoms with Gasteiger partial charge in [-0.05, 0) is 42.7 Å². The number of hydrogen-bond acceptors (Lipinski definition) is 3. The molecule has 4 nitrogen and oxygen atoms in total. The summed E-state index contributed by atoms with van der Waals surface area (Å²) in [5, 5.41) is 6.64. The van der Waals surface area contributed by atoms with Crippen LogP contribution in [-0.4, -0.2) is 23.6 Å². The van der Waals surface area contributed by atoms with Crippen LogP contribution in [0, 0.1) is 0 Å². The average Bonchev–Trinajstić information content (AvgIpc) is 3.17. The molecule has 27 heavy (non-hydrogen) atoms. The molecular weight excluding hydrogens is 380 g/mol. The Hall–Kier alpha value is -1.98. The monoisotopic (exact) mass is 402 g/mol. The van der Waals surface area contributed by atoms with Crippen LogP contribution >= 0.6 is 23.4 Å². The van der Waals surface area contributed by atoms with Crippen molar-refractivity contribution in [3.8, 4) is 0 Å². The highest BCUT2D eigenvalue weighted by atomic mass is 35.5. The minimum absolute atomic E-state index is 0.116. The van der Waals surface area contributed by atoms with Crippen LogP contribution < -0.4 is 10.6 Å². The van der Waals surface area contributed by atoms with Gasteiger partial charge in [0, 0.05) is 16.8 Å². The lowest BCUT2D eigenvalue weighted by Gasteiger charge is -2.15. The number of carbonyl (C=O) groups excluding carboxylic acids is 2. The topological polar surface area (TPSA) is 58.2 Å². The van der Waals surface area contributed by atoms with E-state index in [2.05, 4.69) is 10.6 Å². The number of nitrogens with one attached hydrogen (secondary N) is 2. The van der Waals surface area contributed by atoms with E-state index in [0.717, 1.165) is 37.0 Å². The lowest BCUT2D eigenvalue weighted by molar-refractivity contribution is -0.113. The molecule has 0 saturated heterocycles. The highest BCUT2D eigenvalue weighted by molar-refractivity contribution is 7.99. The van der Waals surface area contributed by atoms with E-state index >= 15 is 0 Å². The van der Waals surface area contributed by atoms with Gasteiger partial charge in [0.25, 0.3) is 5.91 Å². The zero-order chi connectivity index (χ0) is 19.1. The summed E-state index contributed by atoms with van der Waals surface area (Å²) in [6.45, 7) is 0. The van der Waals surface area contributed by atoms with Crippen molar-refractivity contribution in [3.63, 3.8) is 0 Å². The number of halogens is 1. The molecule has 0 heterocycles. The van der Waals surface area contributed by atoms with E-state index < -0.39 is 0 Å². The van der Waals surface area contributed by atoms with E-state index in [0.29, 0.717) is 22.0 Å². The fraction of sp³-hybridized carbons (Fsp3) is 0.333. The zero-order valence-electron chi connectivity index (χ0n) is 15.0. The van der Waals surface area contributed by atoms with Crippen LogP contribution in [0.2, 0.25) is 5.02 Å². The third-order valence-electron chi connectivity index (χ3n) is 4.55. The first-order valence-corrected chi connectivity index (χ1v) is 10.7. The molecule has 2 aromatic carbocycles.